The van der Waals surface area contributed by atoms with Gasteiger partial charge in [0, 0.05) is 23.3 Å². The monoisotopic (exact) mass is 574 g/mol. The largest absolute Gasteiger partial charge is 0.331 e. The molecule has 0 aliphatic rings. The average Bonchev–Trinajstić information content (AvgIpc) is 2.95. The molecule has 0 aliphatic heterocycles. The van der Waals surface area contributed by atoms with Crippen LogP contribution in [0.1, 0.15) is 45.6 Å². The van der Waals surface area contributed by atoms with Gasteiger partial charge in [-0.05, 0) is 71.6 Å². The molecule has 0 aromatic heterocycles. The smallest absolute Gasteiger partial charge is 0.254 e. The van der Waals surface area contributed by atoms with Gasteiger partial charge in [0.05, 0.1) is 23.1 Å². The van der Waals surface area contributed by atoms with Crippen LogP contribution in [0.5, 0.6) is 0 Å². The normalized spacial score (nSPS) is 12.0. The SMILES string of the molecule is CCS(=O)(=O)c1ccc(CC(=O)Nc2ccc(C(=O)N(C)[C@H](c3ccccc3)c3ccc(C)cc3Cl)cc2)cc1. The van der Waals surface area contributed by atoms with E-state index in [1.165, 1.54) is 12.1 Å². The maximum absolute atomic E-state index is 13.6. The van der Waals surface area contributed by atoms with Crippen LogP contribution >= 0.6 is 11.6 Å². The molecule has 1 atom stereocenters. The second kappa shape index (κ2) is 12.5. The molecule has 0 saturated carbocycles. The van der Waals surface area contributed by atoms with E-state index in [0.29, 0.717) is 21.8 Å². The Morgan fingerprint density at radius 2 is 1.55 bits per heavy atom. The highest BCUT2D eigenvalue weighted by Gasteiger charge is 2.26. The molecule has 8 heteroatoms. The van der Waals surface area contributed by atoms with Gasteiger partial charge in [0.15, 0.2) is 9.84 Å². The summed E-state index contributed by atoms with van der Waals surface area (Å²) < 4.78 is 24.0. The van der Waals surface area contributed by atoms with Crippen molar-refractivity contribution >= 4 is 38.9 Å². The number of benzene rings is 4. The van der Waals surface area contributed by atoms with E-state index in [1.54, 1.807) is 55.3 Å². The van der Waals surface area contributed by atoms with Crippen LogP contribution in [0.2, 0.25) is 5.02 Å². The van der Waals surface area contributed by atoms with E-state index >= 15 is 0 Å². The molecule has 2 amide bonds. The first-order chi connectivity index (χ1) is 19.1. The fourth-order valence-corrected chi connectivity index (χ4v) is 5.71. The summed E-state index contributed by atoms with van der Waals surface area (Å²) in [6, 6.07) is 28.2. The number of carbonyl (C=O) groups is 2. The molecule has 0 spiro atoms. The van der Waals surface area contributed by atoms with E-state index in [9.17, 15) is 18.0 Å². The van der Waals surface area contributed by atoms with Crippen LogP contribution in [0.4, 0.5) is 5.69 Å². The van der Waals surface area contributed by atoms with Gasteiger partial charge in [-0.1, -0.05) is 73.1 Å². The van der Waals surface area contributed by atoms with E-state index in [4.69, 9.17) is 11.6 Å². The molecule has 0 radical (unpaired) electrons. The molecule has 4 rings (SSSR count). The lowest BCUT2D eigenvalue weighted by Gasteiger charge is -2.30. The molecule has 0 heterocycles. The summed E-state index contributed by atoms with van der Waals surface area (Å²) >= 11 is 6.63. The summed E-state index contributed by atoms with van der Waals surface area (Å²) in [5, 5.41) is 3.42. The number of sulfone groups is 1. The van der Waals surface area contributed by atoms with Gasteiger partial charge in [-0.25, -0.2) is 8.42 Å². The molecule has 206 valence electrons. The minimum absolute atomic E-state index is 0.0216. The zero-order valence-electron chi connectivity index (χ0n) is 22.6. The molecular weight excluding hydrogens is 544 g/mol. The number of nitrogens with zero attached hydrogens (tertiary/aromatic N) is 1. The number of rotatable bonds is 9. The Hall–Kier alpha value is -3.94. The quantitative estimate of drug-likeness (QED) is 0.248. The first kappa shape index (κ1) is 29.1. The average molecular weight is 575 g/mol. The lowest BCUT2D eigenvalue weighted by molar-refractivity contribution is -0.115. The summed E-state index contributed by atoms with van der Waals surface area (Å²) in [6.07, 6.45) is 0.0892. The highest BCUT2D eigenvalue weighted by atomic mass is 35.5. The molecule has 0 fully saturated rings. The van der Waals surface area contributed by atoms with Crippen molar-refractivity contribution in [3.63, 3.8) is 0 Å². The third-order valence-corrected chi connectivity index (χ3v) is 8.79. The Kier molecular flexibility index (Phi) is 9.07. The fraction of sp³-hybridized carbons (Fsp3) is 0.188. The van der Waals surface area contributed by atoms with Crippen LogP contribution in [-0.2, 0) is 21.1 Å². The van der Waals surface area contributed by atoms with E-state index < -0.39 is 9.84 Å². The van der Waals surface area contributed by atoms with E-state index in [0.717, 1.165) is 16.7 Å². The molecule has 4 aromatic carbocycles. The van der Waals surface area contributed by atoms with Crippen molar-refractivity contribution in [3.8, 4) is 0 Å². The molecule has 4 aromatic rings. The summed E-state index contributed by atoms with van der Waals surface area (Å²) in [4.78, 5) is 28.1. The lowest BCUT2D eigenvalue weighted by Crippen LogP contribution is -2.32. The maximum Gasteiger partial charge on any atom is 0.254 e. The fourth-order valence-electron chi connectivity index (χ4n) is 4.49. The van der Waals surface area contributed by atoms with Crippen LogP contribution in [0, 0.1) is 6.92 Å². The molecular formula is C32H31ClN2O4S. The molecule has 6 nitrogen and oxygen atoms in total. The van der Waals surface area contributed by atoms with Gasteiger partial charge in [0.1, 0.15) is 0 Å². The van der Waals surface area contributed by atoms with Crippen LogP contribution in [0.3, 0.4) is 0 Å². The van der Waals surface area contributed by atoms with Crippen LogP contribution in [-0.4, -0.2) is 37.9 Å². The van der Waals surface area contributed by atoms with Crippen molar-refractivity contribution < 1.29 is 18.0 Å². The van der Waals surface area contributed by atoms with Crippen LogP contribution in [0.15, 0.2) is 102 Å². The van der Waals surface area contributed by atoms with E-state index in [2.05, 4.69) is 5.32 Å². The zero-order chi connectivity index (χ0) is 28.9. The number of halogens is 1. The second-order valence-electron chi connectivity index (χ2n) is 9.60. The van der Waals surface area contributed by atoms with Gasteiger partial charge >= 0.3 is 0 Å². The van der Waals surface area contributed by atoms with E-state index in [1.807, 2.05) is 55.5 Å². The van der Waals surface area contributed by atoms with Gasteiger partial charge < -0.3 is 10.2 Å². The van der Waals surface area contributed by atoms with E-state index in [-0.39, 0.29) is 34.9 Å². The summed E-state index contributed by atoms with van der Waals surface area (Å²) in [7, 11) is -1.54. The lowest BCUT2D eigenvalue weighted by atomic mass is 9.96. The van der Waals surface area contributed by atoms with Gasteiger partial charge in [-0.15, -0.1) is 0 Å². The molecule has 40 heavy (non-hydrogen) atoms. The number of nitrogens with one attached hydrogen (secondary N) is 1. The summed E-state index contributed by atoms with van der Waals surface area (Å²) in [5.41, 5.74) is 4.52. The predicted molar refractivity (Wildman–Crippen MR) is 160 cm³/mol. The standard InChI is InChI=1S/C32H31ClN2O4S/c1-4-40(38,39)27-17-11-23(12-18-27)21-30(36)34-26-15-13-25(14-16-26)32(37)35(3)31(24-8-6-5-7-9-24)28-19-10-22(2)20-29(28)33/h5-20,31H,4,21H2,1-3H3,(H,34,36)/t31-/m1/s1. The minimum Gasteiger partial charge on any atom is -0.331 e. The first-order valence-electron chi connectivity index (χ1n) is 12.9. The third kappa shape index (κ3) is 6.79. The Bertz CT molecular complexity index is 1600. The number of carbonyl (C=O) groups excluding carboxylic acids is 2. The van der Waals surface area contributed by atoms with Crippen molar-refractivity contribution in [3.05, 3.63) is 130 Å². The minimum atomic E-state index is -3.29. The van der Waals surface area contributed by atoms with Gasteiger partial charge in [-0.3, -0.25) is 9.59 Å². The zero-order valence-corrected chi connectivity index (χ0v) is 24.2. The molecule has 0 unspecified atom stereocenters. The number of anilines is 1. The molecule has 0 aliphatic carbocycles. The highest BCUT2D eigenvalue weighted by molar-refractivity contribution is 7.91. The Morgan fingerprint density at radius 1 is 0.900 bits per heavy atom. The Labute approximate surface area is 240 Å². The summed E-state index contributed by atoms with van der Waals surface area (Å²) in [5.74, 6) is -0.417. The van der Waals surface area contributed by atoms with Gasteiger partial charge in [0.25, 0.3) is 5.91 Å². The topological polar surface area (TPSA) is 83.5 Å². The molecule has 0 saturated heterocycles. The van der Waals surface area contributed by atoms with Gasteiger partial charge in [-0.2, -0.15) is 0 Å². The summed E-state index contributed by atoms with van der Waals surface area (Å²) in [6.45, 7) is 3.56. The van der Waals surface area contributed by atoms with Crippen LogP contribution in [0.25, 0.3) is 0 Å². The predicted octanol–water partition coefficient (Wildman–Crippen LogP) is 6.48. The Balaban J connectivity index is 1.47. The molecule has 1 N–H and O–H groups in total. The van der Waals surface area contributed by atoms with Gasteiger partial charge in [0.2, 0.25) is 5.91 Å². The number of hydrogen-bond donors (Lipinski definition) is 1. The maximum atomic E-state index is 13.6. The number of amides is 2. The second-order valence-corrected chi connectivity index (χ2v) is 12.3. The Morgan fingerprint density at radius 3 is 2.15 bits per heavy atom. The van der Waals surface area contributed by atoms with Crippen molar-refractivity contribution in [2.24, 2.45) is 0 Å². The van der Waals surface area contributed by atoms with Crippen molar-refractivity contribution in [2.75, 3.05) is 18.1 Å². The first-order valence-corrected chi connectivity index (χ1v) is 14.9. The van der Waals surface area contributed by atoms with Crippen LogP contribution < -0.4 is 5.32 Å². The van der Waals surface area contributed by atoms with Crippen molar-refractivity contribution in [1.82, 2.24) is 4.90 Å². The third-order valence-electron chi connectivity index (χ3n) is 6.72. The highest BCUT2D eigenvalue weighted by Crippen LogP contribution is 2.34. The molecule has 0 bridgehead atoms. The van der Waals surface area contributed by atoms with Crippen molar-refractivity contribution in [1.29, 1.82) is 0 Å². The number of aryl methyl sites for hydroxylation is 1. The van der Waals surface area contributed by atoms with Crippen molar-refractivity contribution in [2.45, 2.75) is 31.2 Å². The number of hydrogen-bond acceptors (Lipinski definition) is 4.